The molecule has 0 aliphatic heterocycles. The van der Waals surface area contributed by atoms with Crippen LogP contribution in [0.1, 0.15) is 17.0 Å². The zero-order valence-electron chi connectivity index (χ0n) is 16.4. The van der Waals surface area contributed by atoms with Gasteiger partial charge in [-0.25, -0.2) is 4.98 Å². The summed E-state index contributed by atoms with van der Waals surface area (Å²) in [7, 11) is 4.10. The number of hydrogen-bond acceptors (Lipinski definition) is 3. The van der Waals surface area contributed by atoms with Crippen molar-refractivity contribution >= 4 is 0 Å². The molecule has 5 nitrogen and oxygen atoms in total. The van der Waals surface area contributed by atoms with Crippen molar-refractivity contribution in [3.05, 3.63) is 96.2 Å². The van der Waals surface area contributed by atoms with Crippen LogP contribution >= 0.6 is 0 Å². The van der Waals surface area contributed by atoms with Gasteiger partial charge in [-0.2, -0.15) is 5.10 Å². The van der Waals surface area contributed by atoms with Crippen molar-refractivity contribution < 1.29 is 0 Å². The van der Waals surface area contributed by atoms with Crippen LogP contribution < -0.4 is 0 Å². The molecule has 2 aromatic heterocycles. The Hall–Kier alpha value is -3.18. The predicted molar refractivity (Wildman–Crippen MR) is 112 cm³/mol. The highest BCUT2D eigenvalue weighted by Gasteiger charge is 2.14. The molecule has 5 heteroatoms. The number of hydrogen-bond donors (Lipinski definition) is 0. The Morgan fingerprint density at radius 2 is 1.64 bits per heavy atom. The first-order valence-corrected chi connectivity index (χ1v) is 9.49. The van der Waals surface area contributed by atoms with Gasteiger partial charge in [0.2, 0.25) is 0 Å². The molecule has 0 fully saturated rings. The average molecular weight is 371 g/mol. The summed E-state index contributed by atoms with van der Waals surface area (Å²) in [6.07, 6.45) is 6.04. The van der Waals surface area contributed by atoms with E-state index >= 15 is 0 Å². The number of aromatic nitrogens is 4. The number of nitrogens with zero attached hydrogens (tertiary/aromatic N) is 5. The molecule has 2 heterocycles. The minimum atomic E-state index is 0.781. The van der Waals surface area contributed by atoms with E-state index in [1.807, 2.05) is 30.1 Å². The lowest BCUT2D eigenvalue weighted by molar-refractivity contribution is 0.306. The van der Waals surface area contributed by atoms with Crippen molar-refractivity contribution in [2.24, 2.45) is 7.05 Å². The summed E-state index contributed by atoms with van der Waals surface area (Å²) in [4.78, 5) is 6.87. The molecule has 0 aliphatic rings. The van der Waals surface area contributed by atoms with E-state index in [9.17, 15) is 0 Å². The Kier molecular flexibility index (Phi) is 5.35. The van der Waals surface area contributed by atoms with Gasteiger partial charge in [-0.05, 0) is 12.6 Å². The second kappa shape index (κ2) is 8.23. The topological polar surface area (TPSA) is 38.9 Å². The van der Waals surface area contributed by atoms with Crippen LogP contribution in [-0.2, 0) is 26.7 Å². The number of rotatable bonds is 7. The third-order valence-corrected chi connectivity index (χ3v) is 4.80. The van der Waals surface area contributed by atoms with Gasteiger partial charge in [-0.1, -0.05) is 60.7 Å². The largest absolute Gasteiger partial charge is 0.329 e. The van der Waals surface area contributed by atoms with Crippen LogP contribution in [-0.4, -0.2) is 31.3 Å². The molecule has 2 aromatic carbocycles. The standard InChI is InChI=1S/C23H25N5/c1-26(16-21-17-27(2)25-23(21)20-11-7-4-8-12-20)18-22-24-13-14-28(22)15-19-9-5-3-6-10-19/h3-14,17H,15-16,18H2,1-2H3. The minimum absolute atomic E-state index is 0.781. The Bertz CT molecular complexity index is 1020. The SMILES string of the molecule is CN(Cc1cn(C)nc1-c1ccccc1)Cc1nccn1Cc1ccccc1. The van der Waals surface area contributed by atoms with Crippen LogP contribution in [0.3, 0.4) is 0 Å². The Labute approximate surface area is 165 Å². The van der Waals surface area contributed by atoms with Gasteiger partial charge in [-0.3, -0.25) is 9.58 Å². The lowest BCUT2D eigenvalue weighted by Gasteiger charge is -2.17. The molecule has 0 unspecified atom stereocenters. The quantitative estimate of drug-likeness (QED) is 0.493. The van der Waals surface area contributed by atoms with Crippen LogP contribution in [0.2, 0.25) is 0 Å². The fourth-order valence-electron chi connectivity index (χ4n) is 3.50. The fraction of sp³-hybridized carbons (Fsp3) is 0.217. The van der Waals surface area contributed by atoms with E-state index in [1.165, 1.54) is 11.1 Å². The molecule has 0 bridgehead atoms. The van der Waals surface area contributed by atoms with Crippen molar-refractivity contribution in [2.75, 3.05) is 7.05 Å². The highest BCUT2D eigenvalue weighted by atomic mass is 15.3. The van der Waals surface area contributed by atoms with Gasteiger partial charge in [0, 0.05) is 49.9 Å². The third kappa shape index (κ3) is 4.21. The van der Waals surface area contributed by atoms with Crippen molar-refractivity contribution in [1.29, 1.82) is 0 Å². The van der Waals surface area contributed by atoms with Crippen LogP contribution in [0.25, 0.3) is 11.3 Å². The minimum Gasteiger partial charge on any atom is -0.329 e. The highest BCUT2D eigenvalue weighted by molar-refractivity contribution is 5.62. The number of aryl methyl sites for hydroxylation is 1. The van der Waals surface area contributed by atoms with Gasteiger partial charge >= 0.3 is 0 Å². The van der Waals surface area contributed by atoms with E-state index in [1.54, 1.807) is 0 Å². The van der Waals surface area contributed by atoms with Crippen LogP contribution in [0.15, 0.2) is 79.3 Å². The molecule has 4 rings (SSSR count). The van der Waals surface area contributed by atoms with E-state index in [0.717, 1.165) is 36.7 Å². The third-order valence-electron chi connectivity index (χ3n) is 4.80. The van der Waals surface area contributed by atoms with E-state index in [-0.39, 0.29) is 0 Å². The molecule has 0 radical (unpaired) electrons. The van der Waals surface area contributed by atoms with Crippen molar-refractivity contribution in [1.82, 2.24) is 24.2 Å². The molecular formula is C23H25N5. The van der Waals surface area contributed by atoms with Crippen molar-refractivity contribution in [2.45, 2.75) is 19.6 Å². The van der Waals surface area contributed by atoms with Gasteiger partial charge in [0.25, 0.3) is 0 Å². The maximum atomic E-state index is 4.67. The first-order chi connectivity index (χ1) is 13.7. The van der Waals surface area contributed by atoms with Gasteiger partial charge in [0.05, 0.1) is 12.2 Å². The highest BCUT2D eigenvalue weighted by Crippen LogP contribution is 2.23. The first kappa shape index (κ1) is 18.2. The van der Waals surface area contributed by atoms with Crippen LogP contribution in [0.5, 0.6) is 0 Å². The Morgan fingerprint density at radius 3 is 2.39 bits per heavy atom. The van der Waals surface area contributed by atoms with Gasteiger partial charge in [-0.15, -0.1) is 0 Å². The van der Waals surface area contributed by atoms with E-state index in [2.05, 4.69) is 87.5 Å². The summed E-state index contributed by atoms with van der Waals surface area (Å²) in [5.41, 5.74) is 4.69. The zero-order valence-corrected chi connectivity index (χ0v) is 16.4. The van der Waals surface area contributed by atoms with Gasteiger partial charge in [0.1, 0.15) is 5.82 Å². The number of benzene rings is 2. The maximum Gasteiger partial charge on any atom is 0.123 e. The van der Waals surface area contributed by atoms with Crippen molar-refractivity contribution in [3.63, 3.8) is 0 Å². The second-order valence-electron chi connectivity index (χ2n) is 7.17. The summed E-state index contributed by atoms with van der Waals surface area (Å²) in [6, 6.07) is 20.9. The molecule has 0 amide bonds. The first-order valence-electron chi connectivity index (χ1n) is 9.49. The summed E-state index contributed by atoms with van der Waals surface area (Å²) in [6.45, 7) is 2.44. The Morgan fingerprint density at radius 1 is 0.929 bits per heavy atom. The summed E-state index contributed by atoms with van der Waals surface area (Å²) >= 11 is 0. The maximum absolute atomic E-state index is 4.67. The fourth-order valence-corrected chi connectivity index (χ4v) is 3.50. The van der Waals surface area contributed by atoms with Gasteiger partial charge < -0.3 is 4.57 Å². The number of imidazole rings is 1. The molecule has 0 saturated heterocycles. The predicted octanol–water partition coefficient (Wildman–Crippen LogP) is 3.96. The molecule has 0 spiro atoms. The van der Waals surface area contributed by atoms with Crippen molar-refractivity contribution in [3.8, 4) is 11.3 Å². The second-order valence-corrected chi connectivity index (χ2v) is 7.17. The van der Waals surface area contributed by atoms with E-state index in [4.69, 9.17) is 0 Å². The van der Waals surface area contributed by atoms with Crippen LogP contribution in [0, 0.1) is 0 Å². The summed E-state index contributed by atoms with van der Waals surface area (Å²) in [5.74, 6) is 1.07. The normalized spacial score (nSPS) is 11.2. The zero-order chi connectivity index (χ0) is 19.3. The molecule has 0 aliphatic carbocycles. The lowest BCUT2D eigenvalue weighted by Crippen LogP contribution is -2.20. The smallest absolute Gasteiger partial charge is 0.123 e. The molecule has 0 saturated carbocycles. The van der Waals surface area contributed by atoms with Crippen LogP contribution in [0.4, 0.5) is 0 Å². The van der Waals surface area contributed by atoms with Gasteiger partial charge in [0.15, 0.2) is 0 Å². The molecule has 4 aromatic rings. The summed E-state index contributed by atoms with van der Waals surface area (Å²) < 4.78 is 4.11. The van der Waals surface area contributed by atoms with E-state index < -0.39 is 0 Å². The molecular weight excluding hydrogens is 346 g/mol. The lowest BCUT2D eigenvalue weighted by atomic mass is 10.1. The monoisotopic (exact) mass is 371 g/mol. The molecule has 0 atom stereocenters. The van der Waals surface area contributed by atoms with E-state index in [0.29, 0.717) is 0 Å². The molecule has 28 heavy (non-hydrogen) atoms. The average Bonchev–Trinajstić information content (AvgIpc) is 3.29. The molecule has 0 N–H and O–H groups in total. The molecule has 142 valence electrons. The Balaban J connectivity index is 1.48. The summed E-state index contributed by atoms with van der Waals surface area (Å²) in [5, 5.41) is 4.67.